The Bertz CT molecular complexity index is 164. The Morgan fingerprint density at radius 3 is 2.67 bits per heavy atom. The van der Waals surface area contributed by atoms with Crippen molar-refractivity contribution in [2.45, 2.75) is 27.2 Å². The van der Waals surface area contributed by atoms with Gasteiger partial charge in [-0.25, -0.2) is 4.79 Å². The summed E-state index contributed by atoms with van der Waals surface area (Å²) in [5, 5.41) is 2.94. The molecule has 0 saturated carbocycles. The second kappa shape index (κ2) is 6.70. The molecular formula is C9H17NO2. The molecule has 1 N–H and O–H groups in total. The van der Waals surface area contributed by atoms with E-state index in [1.165, 1.54) is 0 Å². The first kappa shape index (κ1) is 11.0. The largest absolute Gasteiger partial charge is 0.462 e. The predicted molar refractivity (Wildman–Crippen MR) is 48.7 cm³/mol. The Hall–Kier alpha value is -0.990. The van der Waals surface area contributed by atoms with E-state index >= 15 is 0 Å². The van der Waals surface area contributed by atoms with Crippen LogP contribution >= 0.6 is 0 Å². The van der Waals surface area contributed by atoms with Crippen molar-refractivity contribution in [1.82, 2.24) is 5.32 Å². The minimum absolute atomic E-state index is 0.238. The highest BCUT2D eigenvalue weighted by Crippen LogP contribution is 1.95. The quantitative estimate of drug-likeness (QED) is 0.502. The van der Waals surface area contributed by atoms with Crippen LogP contribution < -0.4 is 5.32 Å². The molecule has 0 saturated heterocycles. The molecule has 0 aromatic carbocycles. The molecular weight excluding hydrogens is 154 g/mol. The number of esters is 1. The number of rotatable bonds is 5. The maximum Gasteiger partial charge on any atom is 0.335 e. The molecule has 0 aromatic rings. The van der Waals surface area contributed by atoms with Gasteiger partial charge in [-0.2, -0.15) is 0 Å². The second-order valence-electron chi connectivity index (χ2n) is 2.52. The predicted octanol–water partition coefficient (Wildman–Crippen LogP) is 1.45. The van der Waals surface area contributed by atoms with Gasteiger partial charge < -0.3 is 10.1 Å². The van der Waals surface area contributed by atoms with Gasteiger partial charge in [-0.15, -0.1) is 0 Å². The minimum Gasteiger partial charge on any atom is -0.462 e. The third-order valence-corrected chi connectivity index (χ3v) is 1.28. The van der Waals surface area contributed by atoms with E-state index < -0.39 is 0 Å². The van der Waals surface area contributed by atoms with Crippen LogP contribution in [0.25, 0.3) is 0 Å². The van der Waals surface area contributed by atoms with E-state index in [0.29, 0.717) is 12.2 Å². The summed E-state index contributed by atoms with van der Waals surface area (Å²) >= 11 is 0. The molecule has 3 heteroatoms. The molecule has 0 spiro atoms. The van der Waals surface area contributed by atoms with Crippen LogP contribution in [0.1, 0.15) is 27.2 Å². The summed E-state index contributed by atoms with van der Waals surface area (Å²) in [5.74, 6) is -0.238. The molecule has 0 heterocycles. The summed E-state index contributed by atoms with van der Waals surface area (Å²) < 4.78 is 4.90. The number of carbonyl (C=O) groups excluding carboxylic acids is 1. The molecule has 0 atom stereocenters. The first-order valence-electron chi connectivity index (χ1n) is 4.29. The SMILES string of the molecule is CCCOC(=O)/C(C)=C/NCC. The van der Waals surface area contributed by atoms with Crippen LogP contribution in [0.4, 0.5) is 0 Å². The van der Waals surface area contributed by atoms with E-state index in [1.54, 1.807) is 13.1 Å². The van der Waals surface area contributed by atoms with E-state index in [0.717, 1.165) is 13.0 Å². The third-order valence-electron chi connectivity index (χ3n) is 1.28. The highest BCUT2D eigenvalue weighted by Gasteiger charge is 2.03. The molecule has 0 fully saturated rings. The molecule has 0 amide bonds. The van der Waals surface area contributed by atoms with Gasteiger partial charge in [0, 0.05) is 18.3 Å². The Labute approximate surface area is 73.8 Å². The fraction of sp³-hybridized carbons (Fsp3) is 0.667. The maximum absolute atomic E-state index is 11.1. The topological polar surface area (TPSA) is 38.3 Å². The van der Waals surface area contributed by atoms with Crippen LogP contribution in [0, 0.1) is 0 Å². The number of nitrogens with one attached hydrogen (secondary N) is 1. The van der Waals surface area contributed by atoms with Gasteiger partial charge in [-0.3, -0.25) is 0 Å². The van der Waals surface area contributed by atoms with E-state index in [-0.39, 0.29) is 5.97 Å². The van der Waals surface area contributed by atoms with E-state index in [4.69, 9.17) is 4.74 Å². The molecule has 0 aliphatic carbocycles. The second-order valence-corrected chi connectivity index (χ2v) is 2.52. The van der Waals surface area contributed by atoms with Crippen molar-refractivity contribution in [2.75, 3.05) is 13.2 Å². The van der Waals surface area contributed by atoms with Crippen molar-refractivity contribution in [1.29, 1.82) is 0 Å². The molecule has 0 rings (SSSR count). The zero-order valence-electron chi connectivity index (χ0n) is 8.02. The van der Waals surface area contributed by atoms with Crippen LogP contribution in [0.15, 0.2) is 11.8 Å². The highest BCUT2D eigenvalue weighted by atomic mass is 16.5. The molecule has 70 valence electrons. The number of hydrogen-bond acceptors (Lipinski definition) is 3. The molecule has 0 bridgehead atoms. The van der Waals surface area contributed by atoms with Crippen molar-refractivity contribution in [3.8, 4) is 0 Å². The number of hydrogen-bond donors (Lipinski definition) is 1. The number of carbonyl (C=O) groups is 1. The maximum atomic E-state index is 11.1. The lowest BCUT2D eigenvalue weighted by molar-refractivity contribution is -0.139. The van der Waals surface area contributed by atoms with Gasteiger partial charge in [0.2, 0.25) is 0 Å². The standard InChI is InChI=1S/C9H17NO2/c1-4-6-12-9(11)8(3)7-10-5-2/h7,10H,4-6H2,1-3H3/b8-7+. The molecule has 0 radical (unpaired) electrons. The first-order valence-corrected chi connectivity index (χ1v) is 4.29. The van der Waals surface area contributed by atoms with Crippen molar-refractivity contribution in [3.05, 3.63) is 11.8 Å². The van der Waals surface area contributed by atoms with Crippen LogP contribution in [-0.2, 0) is 9.53 Å². The highest BCUT2D eigenvalue weighted by molar-refractivity contribution is 5.87. The normalized spacial score (nSPS) is 11.1. The molecule has 3 nitrogen and oxygen atoms in total. The van der Waals surface area contributed by atoms with Crippen molar-refractivity contribution in [3.63, 3.8) is 0 Å². The van der Waals surface area contributed by atoms with Crippen LogP contribution in [0.3, 0.4) is 0 Å². The molecule has 0 unspecified atom stereocenters. The lowest BCUT2D eigenvalue weighted by Gasteiger charge is -2.02. The zero-order chi connectivity index (χ0) is 9.40. The minimum atomic E-state index is -0.238. The van der Waals surface area contributed by atoms with E-state index in [2.05, 4.69) is 5.32 Å². The monoisotopic (exact) mass is 171 g/mol. The molecule has 0 aromatic heterocycles. The van der Waals surface area contributed by atoms with Gasteiger partial charge >= 0.3 is 5.97 Å². The van der Waals surface area contributed by atoms with Gasteiger partial charge in [0.15, 0.2) is 0 Å². The van der Waals surface area contributed by atoms with Crippen LogP contribution in [0.5, 0.6) is 0 Å². The lowest BCUT2D eigenvalue weighted by atomic mass is 10.3. The Morgan fingerprint density at radius 1 is 1.50 bits per heavy atom. The van der Waals surface area contributed by atoms with E-state index in [1.807, 2.05) is 13.8 Å². The van der Waals surface area contributed by atoms with Gasteiger partial charge in [-0.1, -0.05) is 6.92 Å². The van der Waals surface area contributed by atoms with Crippen LogP contribution in [-0.4, -0.2) is 19.1 Å². The Balaban J connectivity index is 3.75. The summed E-state index contributed by atoms with van der Waals surface area (Å²) in [5.41, 5.74) is 0.616. The molecule has 0 aliphatic heterocycles. The summed E-state index contributed by atoms with van der Waals surface area (Å²) in [6.07, 6.45) is 2.54. The average Bonchev–Trinajstić information content (AvgIpc) is 2.10. The van der Waals surface area contributed by atoms with Gasteiger partial charge in [-0.05, 0) is 20.3 Å². The fourth-order valence-corrected chi connectivity index (χ4v) is 0.623. The summed E-state index contributed by atoms with van der Waals surface area (Å²) in [6.45, 7) is 6.99. The smallest absolute Gasteiger partial charge is 0.335 e. The zero-order valence-corrected chi connectivity index (χ0v) is 8.02. The lowest BCUT2D eigenvalue weighted by Crippen LogP contribution is -2.11. The molecule has 0 aliphatic rings. The first-order chi connectivity index (χ1) is 5.72. The summed E-state index contributed by atoms with van der Waals surface area (Å²) in [7, 11) is 0. The Morgan fingerprint density at radius 2 is 2.17 bits per heavy atom. The van der Waals surface area contributed by atoms with Crippen molar-refractivity contribution in [2.24, 2.45) is 0 Å². The summed E-state index contributed by atoms with van der Waals surface area (Å²) in [6, 6.07) is 0. The fourth-order valence-electron chi connectivity index (χ4n) is 0.623. The number of ether oxygens (including phenoxy) is 1. The van der Waals surface area contributed by atoms with Crippen molar-refractivity contribution < 1.29 is 9.53 Å². The van der Waals surface area contributed by atoms with Crippen LogP contribution in [0.2, 0.25) is 0 Å². The average molecular weight is 171 g/mol. The van der Waals surface area contributed by atoms with Gasteiger partial charge in [0.1, 0.15) is 0 Å². The van der Waals surface area contributed by atoms with E-state index in [9.17, 15) is 4.79 Å². The van der Waals surface area contributed by atoms with Gasteiger partial charge in [0.05, 0.1) is 6.61 Å². The Kier molecular flexibility index (Phi) is 6.15. The molecule has 12 heavy (non-hydrogen) atoms. The summed E-state index contributed by atoms with van der Waals surface area (Å²) in [4.78, 5) is 11.1. The van der Waals surface area contributed by atoms with Crippen molar-refractivity contribution >= 4 is 5.97 Å². The van der Waals surface area contributed by atoms with Gasteiger partial charge in [0.25, 0.3) is 0 Å². The third kappa shape index (κ3) is 4.77.